The Morgan fingerprint density at radius 3 is 2.63 bits per heavy atom. The van der Waals surface area contributed by atoms with Gasteiger partial charge in [-0.1, -0.05) is 11.6 Å². The Kier molecular flexibility index (Phi) is 4.50. The maximum absolute atomic E-state index is 5.86. The Hall–Kier alpha value is -1.46. The van der Waals surface area contributed by atoms with Crippen LogP contribution in [0.4, 0.5) is 11.5 Å². The number of methoxy groups -OCH3 is 2. The van der Waals surface area contributed by atoms with Crippen molar-refractivity contribution in [3.63, 3.8) is 0 Å². The molecule has 0 atom stereocenters. The summed E-state index contributed by atoms with van der Waals surface area (Å²) in [5.41, 5.74) is 0.791. The van der Waals surface area contributed by atoms with E-state index in [9.17, 15) is 0 Å². The van der Waals surface area contributed by atoms with Gasteiger partial charge < -0.3 is 14.8 Å². The number of rotatable bonds is 4. The number of hydrogen-bond acceptors (Lipinski definition) is 4. The summed E-state index contributed by atoms with van der Waals surface area (Å²) in [6.07, 6.45) is 1.57. The van der Waals surface area contributed by atoms with Gasteiger partial charge in [0.1, 0.15) is 17.3 Å². The molecule has 1 aromatic carbocycles. The van der Waals surface area contributed by atoms with Crippen molar-refractivity contribution >= 4 is 39.0 Å². The SMILES string of the molecule is COc1ccc(Nc2ncc(Cl)cc2Br)c(OC)c1. The fraction of sp³-hybridized carbons (Fsp3) is 0.154. The lowest BCUT2D eigenvalue weighted by atomic mass is 10.2. The molecular formula is C13H12BrClN2O2. The molecule has 19 heavy (non-hydrogen) atoms. The van der Waals surface area contributed by atoms with Crippen molar-refractivity contribution in [3.8, 4) is 11.5 Å². The first-order valence-corrected chi connectivity index (χ1v) is 6.61. The van der Waals surface area contributed by atoms with Crippen LogP contribution >= 0.6 is 27.5 Å². The summed E-state index contributed by atoms with van der Waals surface area (Å²) in [6, 6.07) is 7.27. The summed E-state index contributed by atoms with van der Waals surface area (Å²) in [7, 11) is 3.21. The van der Waals surface area contributed by atoms with E-state index in [-0.39, 0.29) is 0 Å². The van der Waals surface area contributed by atoms with Crippen molar-refractivity contribution in [2.45, 2.75) is 0 Å². The normalized spacial score (nSPS) is 10.1. The average Bonchev–Trinajstić information content (AvgIpc) is 2.42. The molecule has 1 N–H and O–H groups in total. The first kappa shape index (κ1) is 14.0. The van der Waals surface area contributed by atoms with Crippen LogP contribution in [0.15, 0.2) is 34.9 Å². The number of hydrogen-bond donors (Lipinski definition) is 1. The van der Waals surface area contributed by atoms with Crippen LogP contribution in [0.1, 0.15) is 0 Å². The van der Waals surface area contributed by atoms with Crippen LogP contribution in [-0.4, -0.2) is 19.2 Å². The second kappa shape index (κ2) is 6.12. The first-order valence-electron chi connectivity index (χ1n) is 5.44. The highest BCUT2D eigenvalue weighted by atomic mass is 79.9. The fourth-order valence-corrected chi connectivity index (χ4v) is 2.27. The van der Waals surface area contributed by atoms with Gasteiger partial charge >= 0.3 is 0 Å². The van der Waals surface area contributed by atoms with Crippen molar-refractivity contribution < 1.29 is 9.47 Å². The van der Waals surface area contributed by atoms with E-state index in [0.717, 1.165) is 15.9 Å². The number of anilines is 2. The smallest absolute Gasteiger partial charge is 0.146 e. The van der Waals surface area contributed by atoms with E-state index in [0.29, 0.717) is 16.6 Å². The monoisotopic (exact) mass is 342 g/mol. The van der Waals surface area contributed by atoms with Gasteiger partial charge in [0, 0.05) is 12.3 Å². The Bertz CT molecular complexity index is 593. The summed E-state index contributed by atoms with van der Waals surface area (Å²) in [6.45, 7) is 0. The highest BCUT2D eigenvalue weighted by Gasteiger charge is 2.08. The molecule has 1 aromatic heterocycles. The van der Waals surface area contributed by atoms with E-state index in [1.807, 2.05) is 12.1 Å². The summed E-state index contributed by atoms with van der Waals surface area (Å²) in [4.78, 5) is 4.21. The lowest BCUT2D eigenvalue weighted by Gasteiger charge is -2.12. The molecule has 0 saturated heterocycles. The molecule has 0 aliphatic rings. The highest BCUT2D eigenvalue weighted by Crippen LogP contribution is 2.33. The Balaban J connectivity index is 2.32. The Morgan fingerprint density at radius 1 is 1.21 bits per heavy atom. The third-order valence-corrected chi connectivity index (χ3v) is 3.28. The second-order valence-electron chi connectivity index (χ2n) is 3.68. The summed E-state index contributed by atoms with van der Waals surface area (Å²) < 4.78 is 11.2. The summed E-state index contributed by atoms with van der Waals surface area (Å²) in [5, 5.41) is 3.74. The van der Waals surface area contributed by atoms with Crippen molar-refractivity contribution in [1.29, 1.82) is 0 Å². The van der Waals surface area contributed by atoms with Crippen LogP contribution in [-0.2, 0) is 0 Å². The van der Waals surface area contributed by atoms with Gasteiger partial charge in [0.05, 0.1) is 29.4 Å². The van der Waals surface area contributed by atoms with E-state index in [1.54, 1.807) is 32.5 Å². The van der Waals surface area contributed by atoms with Gasteiger partial charge in [-0.3, -0.25) is 0 Å². The zero-order valence-electron chi connectivity index (χ0n) is 10.4. The molecule has 100 valence electrons. The summed E-state index contributed by atoms with van der Waals surface area (Å²) >= 11 is 9.26. The second-order valence-corrected chi connectivity index (χ2v) is 4.97. The molecule has 0 amide bonds. The van der Waals surface area contributed by atoms with Gasteiger partial charge in [0.25, 0.3) is 0 Å². The molecule has 2 aromatic rings. The van der Waals surface area contributed by atoms with E-state index < -0.39 is 0 Å². The minimum atomic E-state index is 0.569. The molecule has 0 aliphatic heterocycles. The van der Waals surface area contributed by atoms with Gasteiger partial charge in [-0.2, -0.15) is 0 Å². The minimum absolute atomic E-state index is 0.569. The third kappa shape index (κ3) is 3.30. The largest absolute Gasteiger partial charge is 0.497 e. The van der Waals surface area contributed by atoms with Gasteiger partial charge in [0.15, 0.2) is 0 Å². The quantitative estimate of drug-likeness (QED) is 0.901. The number of nitrogens with one attached hydrogen (secondary N) is 1. The molecule has 2 rings (SSSR count). The lowest BCUT2D eigenvalue weighted by Crippen LogP contribution is -1.98. The predicted molar refractivity (Wildman–Crippen MR) is 79.8 cm³/mol. The topological polar surface area (TPSA) is 43.4 Å². The van der Waals surface area contributed by atoms with Gasteiger partial charge in [0.2, 0.25) is 0 Å². The molecule has 0 unspecified atom stereocenters. The first-order chi connectivity index (χ1) is 9.13. The summed E-state index contributed by atoms with van der Waals surface area (Å²) in [5.74, 6) is 2.06. The molecule has 0 saturated carbocycles. The van der Waals surface area contributed by atoms with Crippen molar-refractivity contribution in [2.75, 3.05) is 19.5 Å². The van der Waals surface area contributed by atoms with Crippen LogP contribution in [0.5, 0.6) is 11.5 Å². The molecule has 0 spiro atoms. The minimum Gasteiger partial charge on any atom is -0.497 e. The number of benzene rings is 1. The van der Waals surface area contributed by atoms with Crippen LogP contribution < -0.4 is 14.8 Å². The molecule has 4 nitrogen and oxygen atoms in total. The molecule has 6 heteroatoms. The van der Waals surface area contributed by atoms with E-state index >= 15 is 0 Å². The van der Waals surface area contributed by atoms with Crippen LogP contribution in [0, 0.1) is 0 Å². The van der Waals surface area contributed by atoms with Crippen molar-refractivity contribution in [3.05, 3.63) is 40.0 Å². The lowest BCUT2D eigenvalue weighted by molar-refractivity contribution is 0.395. The highest BCUT2D eigenvalue weighted by molar-refractivity contribution is 9.10. The van der Waals surface area contributed by atoms with E-state index in [1.165, 1.54) is 0 Å². The number of aromatic nitrogens is 1. The van der Waals surface area contributed by atoms with Crippen molar-refractivity contribution in [2.24, 2.45) is 0 Å². The van der Waals surface area contributed by atoms with Crippen LogP contribution in [0.3, 0.4) is 0 Å². The Morgan fingerprint density at radius 2 is 2.00 bits per heavy atom. The molecule has 0 aliphatic carbocycles. The molecule has 0 radical (unpaired) electrons. The maximum Gasteiger partial charge on any atom is 0.146 e. The van der Waals surface area contributed by atoms with Gasteiger partial charge in [-0.05, 0) is 34.1 Å². The molecule has 1 heterocycles. The molecular weight excluding hydrogens is 332 g/mol. The zero-order valence-corrected chi connectivity index (χ0v) is 12.7. The Labute approximate surface area is 124 Å². The zero-order chi connectivity index (χ0) is 13.8. The van der Waals surface area contributed by atoms with Crippen LogP contribution in [0.25, 0.3) is 0 Å². The molecule has 0 bridgehead atoms. The predicted octanol–water partition coefficient (Wildman–Crippen LogP) is 4.26. The number of nitrogens with zero attached hydrogens (tertiary/aromatic N) is 1. The van der Waals surface area contributed by atoms with Gasteiger partial charge in [-0.15, -0.1) is 0 Å². The number of ether oxygens (including phenoxy) is 2. The number of halogens is 2. The van der Waals surface area contributed by atoms with Crippen molar-refractivity contribution in [1.82, 2.24) is 4.98 Å². The van der Waals surface area contributed by atoms with E-state index in [2.05, 4.69) is 26.2 Å². The van der Waals surface area contributed by atoms with Crippen LogP contribution in [0.2, 0.25) is 5.02 Å². The van der Waals surface area contributed by atoms with E-state index in [4.69, 9.17) is 21.1 Å². The molecule has 0 fully saturated rings. The fourth-order valence-electron chi connectivity index (χ4n) is 1.54. The van der Waals surface area contributed by atoms with Gasteiger partial charge in [-0.25, -0.2) is 4.98 Å². The standard InChI is InChI=1S/C13H12BrClN2O2/c1-18-9-3-4-11(12(6-9)19-2)17-13-10(14)5-8(15)7-16-13/h3-7H,1-2H3,(H,16,17). The number of pyridine rings is 1. The average molecular weight is 344 g/mol. The third-order valence-electron chi connectivity index (χ3n) is 2.47. The maximum atomic E-state index is 5.86.